The smallest absolute Gasteiger partial charge is 0.353 e. The van der Waals surface area contributed by atoms with Gasteiger partial charge in [-0.15, -0.1) is 11.8 Å². The number of hydrogen-bond donors (Lipinski definition) is 4. The molecule has 3 heterocycles. The van der Waals surface area contributed by atoms with Gasteiger partial charge in [-0.25, -0.2) is 14.2 Å². The summed E-state index contributed by atoms with van der Waals surface area (Å²) >= 11 is 1.39. The summed E-state index contributed by atoms with van der Waals surface area (Å²) in [4.78, 5) is 51.1. The molecule has 11 heteroatoms. The third-order valence-corrected chi connectivity index (χ3v) is 8.62. The van der Waals surface area contributed by atoms with Crippen molar-refractivity contribution >= 4 is 46.9 Å². The summed E-state index contributed by atoms with van der Waals surface area (Å²) in [7, 11) is 0. The number of hydrogen-bond acceptors (Lipinski definition) is 6. The SMILES string of the molecule is CC(C)=[N+]1CC(SC2=C(C(=O)O)N3C(=O)[C@H](C(C)O)[C@H]3[C@H]2C)CC1C(=O)Nc1cccc(C(=O)O)c1. The Balaban J connectivity index is 1.55. The van der Waals surface area contributed by atoms with Crippen molar-refractivity contribution < 1.29 is 39.1 Å². The number of carboxylic acid groups (broad SMARTS) is 2. The van der Waals surface area contributed by atoms with Crippen LogP contribution < -0.4 is 5.32 Å². The van der Waals surface area contributed by atoms with Crippen LogP contribution in [0.3, 0.4) is 0 Å². The monoisotopic (exact) mass is 516 g/mol. The largest absolute Gasteiger partial charge is 0.478 e. The minimum absolute atomic E-state index is 0.0264. The number of anilines is 1. The Morgan fingerprint density at radius 1 is 1.19 bits per heavy atom. The molecule has 0 bridgehead atoms. The lowest BCUT2D eigenvalue weighted by Crippen LogP contribution is -2.63. The maximum absolute atomic E-state index is 13.2. The molecule has 3 aliphatic heterocycles. The molecule has 0 aromatic heterocycles. The molecular weight excluding hydrogens is 486 g/mol. The third kappa shape index (κ3) is 4.41. The number of carboxylic acids is 2. The van der Waals surface area contributed by atoms with E-state index in [4.69, 9.17) is 0 Å². The second-order valence-corrected chi connectivity index (χ2v) is 11.1. The molecule has 10 nitrogen and oxygen atoms in total. The molecule has 4 N–H and O–H groups in total. The summed E-state index contributed by atoms with van der Waals surface area (Å²) in [6.07, 6.45) is -0.422. The first-order chi connectivity index (χ1) is 16.9. The van der Waals surface area contributed by atoms with Gasteiger partial charge in [0.05, 0.1) is 28.9 Å². The van der Waals surface area contributed by atoms with Gasteiger partial charge in [-0.05, 0) is 25.1 Å². The van der Waals surface area contributed by atoms with Crippen molar-refractivity contribution in [1.29, 1.82) is 0 Å². The van der Waals surface area contributed by atoms with Crippen molar-refractivity contribution in [3.8, 4) is 0 Å². The molecule has 3 aliphatic rings. The highest BCUT2D eigenvalue weighted by molar-refractivity contribution is 8.03. The standard InChI is InChI=1S/C25H29N3O7S/c1-11(2)27-10-16(9-17(27)22(30)26-15-7-5-6-14(8-15)24(32)33)36-21-12(3)19-18(13(4)29)23(31)28(19)20(21)25(34)35/h5-8,12-13,16-19,29H,9-10H2,1-4H3,(H2-,26,30,32,33,34,35)/p+1/t12-,13?,16?,17?,18-,19-/m1/s1. The normalized spacial score (nSPS) is 28.0. The molecule has 3 unspecified atom stereocenters. The molecule has 0 radical (unpaired) electrons. The van der Waals surface area contributed by atoms with Gasteiger partial charge >= 0.3 is 11.9 Å². The molecule has 1 aromatic rings. The van der Waals surface area contributed by atoms with Gasteiger partial charge < -0.3 is 25.5 Å². The number of aromatic carboxylic acids is 1. The van der Waals surface area contributed by atoms with E-state index < -0.39 is 30.0 Å². The third-order valence-electron chi connectivity index (χ3n) is 7.12. The topological polar surface area (TPSA) is 147 Å². The molecule has 0 aliphatic carbocycles. The van der Waals surface area contributed by atoms with Crippen LogP contribution in [0.15, 0.2) is 34.9 Å². The number of rotatable bonds is 7. The van der Waals surface area contributed by atoms with Crippen molar-refractivity contribution in [2.75, 3.05) is 11.9 Å². The number of benzene rings is 1. The van der Waals surface area contributed by atoms with Gasteiger partial charge in [-0.1, -0.05) is 13.0 Å². The van der Waals surface area contributed by atoms with E-state index in [2.05, 4.69) is 5.32 Å². The second kappa shape index (κ2) is 9.70. The lowest BCUT2D eigenvalue weighted by molar-refractivity contribution is -0.530. The van der Waals surface area contributed by atoms with Crippen molar-refractivity contribution in [2.45, 2.75) is 57.6 Å². The fraction of sp³-hybridized carbons (Fsp3) is 0.480. The number of thioether (sulfide) groups is 1. The van der Waals surface area contributed by atoms with E-state index in [1.165, 1.54) is 28.8 Å². The van der Waals surface area contributed by atoms with Crippen molar-refractivity contribution in [3.63, 3.8) is 0 Å². The summed E-state index contributed by atoms with van der Waals surface area (Å²) in [6, 6.07) is 5.14. The predicted molar refractivity (Wildman–Crippen MR) is 133 cm³/mol. The Morgan fingerprint density at radius 2 is 1.89 bits per heavy atom. The first-order valence-electron chi connectivity index (χ1n) is 11.8. The number of aliphatic hydroxyl groups excluding tert-OH is 1. The number of β-lactam (4-membered cyclic amide) rings is 1. The molecular formula is C25H30N3O7S+. The second-order valence-electron chi connectivity index (χ2n) is 9.74. The minimum Gasteiger partial charge on any atom is -0.478 e. The van der Waals surface area contributed by atoms with Gasteiger partial charge in [0.25, 0.3) is 5.91 Å². The van der Waals surface area contributed by atoms with Gasteiger partial charge in [0.2, 0.25) is 11.9 Å². The Morgan fingerprint density at radius 3 is 2.47 bits per heavy atom. The quantitative estimate of drug-likeness (QED) is 0.317. The minimum atomic E-state index is -1.18. The molecule has 4 rings (SSSR count). The summed E-state index contributed by atoms with van der Waals surface area (Å²) in [6.45, 7) is 7.73. The first-order valence-corrected chi connectivity index (χ1v) is 12.7. The van der Waals surface area contributed by atoms with E-state index in [0.717, 1.165) is 5.71 Å². The molecule has 2 saturated heterocycles. The zero-order valence-electron chi connectivity index (χ0n) is 20.5. The zero-order valence-corrected chi connectivity index (χ0v) is 21.3. The average Bonchev–Trinajstić information content (AvgIpc) is 3.32. The molecule has 36 heavy (non-hydrogen) atoms. The predicted octanol–water partition coefficient (Wildman–Crippen LogP) is 1.84. The number of nitrogens with zero attached hydrogens (tertiary/aromatic N) is 2. The Hall–Kier alpha value is -3.18. The van der Waals surface area contributed by atoms with Crippen molar-refractivity contribution in [3.05, 3.63) is 40.4 Å². The molecule has 1 aromatic carbocycles. The van der Waals surface area contributed by atoms with Gasteiger partial charge in [0.1, 0.15) is 11.4 Å². The van der Waals surface area contributed by atoms with Crippen molar-refractivity contribution in [1.82, 2.24) is 4.90 Å². The lowest BCUT2D eigenvalue weighted by Gasteiger charge is -2.46. The van der Waals surface area contributed by atoms with Crippen LogP contribution in [0.2, 0.25) is 0 Å². The Bertz CT molecular complexity index is 1200. The molecule has 2 amide bonds. The maximum Gasteiger partial charge on any atom is 0.353 e. The van der Waals surface area contributed by atoms with E-state index >= 15 is 0 Å². The highest BCUT2D eigenvalue weighted by atomic mass is 32.2. The van der Waals surface area contributed by atoms with Crippen LogP contribution in [0.4, 0.5) is 5.69 Å². The Labute approximate surface area is 212 Å². The number of nitrogens with one attached hydrogen (secondary N) is 1. The van der Waals surface area contributed by atoms with Crippen LogP contribution in [0.5, 0.6) is 0 Å². The Kier molecular flexibility index (Phi) is 6.98. The van der Waals surface area contributed by atoms with Crippen molar-refractivity contribution in [2.24, 2.45) is 11.8 Å². The number of carbonyl (C=O) groups is 4. The summed E-state index contributed by atoms with van der Waals surface area (Å²) in [5.41, 5.74) is 1.36. The van der Waals surface area contributed by atoms with E-state index in [1.807, 2.05) is 25.3 Å². The van der Waals surface area contributed by atoms with Crippen LogP contribution in [0, 0.1) is 11.8 Å². The number of aliphatic carboxylic acids is 1. The maximum atomic E-state index is 13.2. The first kappa shape index (κ1) is 25.9. The fourth-order valence-corrected chi connectivity index (χ4v) is 6.96. The summed E-state index contributed by atoms with van der Waals surface area (Å²) < 4.78 is 1.97. The summed E-state index contributed by atoms with van der Waals surface area (Å²) in [5.74, 6) is -3.78. The molecule has 6 atom stereocenters. The van der Waals surface area contributed by atoms with Gasteiger partial charge in [0.15, 0.2) is 6.54 Å². The average molecular weight is 517 g/mol. The molecule has 2 fully saturated rings. The van der Waals surface area contributed by atoms with E-state index in [9.17, 15) is 34.5 Å². The summed E-state index contributed by atoms with van der Waals surface area (Å²) in [5, 5.41) is 31.9. The number of amides is 2. The molecule has 0 spiro atoms. The number of carbonyl (C=O) groups excluding carboxylic acids is 2. The van der Waals surface area contributed by atoms with Crippen LogP contribution in [0.1, 0.15) is 44.5 Å². The number of fused-ring (bicyclic) bond motifs is 1. The lowest BCUT2D eigenvalue weighted by atomic mass is 9.79. The van der Waals surface area contributed by atoms with Crippen LogP contribution in [0.25, 0.3) is 0 Å². The van der Waals surface area contributed by atoms with Gasteiger partial charge in [-0.3, -0.25) is 9.59 Å². The van der Waals surface area contributed by atoms with Crippen LogP contribution in [-0.4, -0.2) is 84.2 Å². The van der Waals surface area contributed by atoms with Crippen LogP contribution >= 0.6 is 11.8 Å². The number of aliphatic hydroxyl groups is 1. The molecule has 192 valence electrons. The van der Waals surface area contributed by atoms with E-state index in [0.29, 0.717) is 23.6 Å². The van der Waals surface area contributed by atoms with E-state index in [1.54, 1.807) is 19.1 Å². The van der Waals surface area contributed by atoms with Gasteiger partial charge in [-0.2, -0.15) is 0 Å². The zero-order chi connectivity index (χ0) is 26.5. The van der Waals surface area contributed by atoms with Gasteiger partial charge in [0, 0.05) is 36.8 Å². The highest BCUT2D eigenvalue weighted by Gasteiger charge is 2.60. The molecule has 0 saturated carbocycles. The van der Waals surface area contributed by atoms with E-state index in [-0.39, 0.29) is 40.3 Å². The highest BCUT2D eigenvalue weighted by Crippen LogP contribution is 2.52. The fourth-order valence-electron chi connectivity index (χ4n) is 5.44. The van der Waals surface area contributed by atoms with Crippen LogP contribution in [-0.2, 0) is 14.4 Å².